The van der Waals surface area contributed by atoms with Gasteiger partial charge in [0.1, 0.15) is 0 Å². The van der Waals surface area contributed by atoms with Crippen LogP contribution in [-0.2, 0) is 11.3 Å². The van der Waals surface area contributed by atoms with Gasteiger partial charge in [0, 0.05) is 37.7 Å². The van der Waals surface area contributed by atoms with E-state index in [1.165, 1.54) is 24.4 Å². The van der Waals surface area contributed by atoms with Gasteiger partial charge in [0.15, 0.2) is 0 Å². The first-order valence-corrected chi connectivity index (χ1v) is 11.4. The second-order valence-electron chi connectivity index (χ2n) is 8.39. The molecule has 27 heavy (non-hydrogen) atoms. The van der Waals surface area contributed by atoms with Crippen molar-refractivity contribution in [2.45, 2.75) is 52.2 Å². The van der Waals surface area contributed by atoms with E-state index in [1.807, 2.05) is 11.0 Å². The lowest BCUT2D eigenvalue weighted by molar-refractivity contribution is 0.0796. The van der Waals surface area contributed by atoms with Gasteiger partial charge >= 0.3 is 6.03 Å². The Labute approximate surface area is 168 Å². The number of rotatable bonds is 8. The lowest BCUT2D eigenvalue weighted by atomic mass is 9.92. The Balaban J connectivity index is 1.42. The summed E-state index contributed by atoms with van der Waals surface area (Å²) in [5.74, 6) is 1.58. The molecule has 0 spiro atoms. The number of ether oxygens (including phenoxy) is 1. The van der Waals surface area contributed by atoms with E-state index in [2.05, 4.69) is 35.5 Å². The summed E-state index contributed by atoms with van der Waals surface area (Å²) < 4.78 is 5.75. The van der Waals surface area contributed by atoms with Gasteiger partial charge in [-0.25, -0.2) is 4.79 Å². The second kappa shape index (κ2) is 10.4. The predicted molar refractivity (Wildman–Crippen MR) is 111 cm³/mol. The number of nitrogens with one attached hydrogen (secondary N) is 1. The minimum absolute atomic E-state index is 0.0410. The zero-order valence-electron chi connectivity index (χ0n) is 16.9. The molecule has 2 saturated heterocycles. The van der Waals surface area contributed by atoms with Crippen molar-refractivity contribution in [3.05, 3.63) is 22.4 Å². The number of carbonyl (C=O) groups is 1. The Hall–Kier alpha value is -1.11. The van der Waals surface area contributed by atoms with Crippen molar-refractivity contribution in [2.75, 3.05) is 39.3 Å². The Morgan fingerprint density at radius 1 is 1.37 bits per heavy atom. The number of amides is 2. The molecule has 0 aliphatic carbocycles. The van der Waals surface area contributed by atoms with E-state index in [0.717, 1.165) is 50.8 Å². The fourth-order valence-electron chi connectivity index (χ4n) is 4.43. The van der Waals surface area contributed by atoms with Crippen molar-refractivity contribution in [1.29, 1.82) is 0 Å². The zero-order valence-corrected chi connectivity index (χ0v) is 17.7. The quantitative estimate of drug-likeness (QED) is 0.683. The third-order valence-electron chi connectivity index (χ3n) is 5.53. The highest BCUT2D eigenvalue weighted by Gasteiger charge is 2.24. The fourth-order valence-corrected chi connectivity index (χ4v) is 5.15. The van der Waals surface area contributed by atoms with Gasteiger partial charge in [0.05, 0.1) is 12.6 Å². The number of carbonyl (C=O) groups excluding carboxylic acids is 1. The first kappa shape index (κ1) is 20.6. The van der Waals surface area contributed by atoms with Crippen LogP contribution in [0.15, 0.2) is 17.5 Å². The van der Waals surface area contributed by atoms with Crippen molar-refractivity contribution in [2.24, 2.45) is 11.8 Å². The molecule has 2 aliphatic heterocycles. The summed E-state index contributed by atoms with van der Waals surface area (Å²) in [6, 6.07) is 4.18. The Kier molecular flexibility index (Phi) is 7.97. The van der Waals surface area contributed by atoms with Gasteiger partial charge in [-0.15, -0.1) is 11.3 Å². The lowest BCUT2D eigenvalue weighted by Gasteiger charge is -2.35. The van der Waals surface area contributed by atoms with Gasteiger partial charge in [0.25, 0.3) is 0 Å². The van der Waals surface area contributed by atoms with Crippen LogP contribution in [0.5, 0.6) is 0 Å². The van der Waals surface area contributed by atoms with E-state index in [1.54, 1.807) is 11.3 Å². The molecule has 1 aromatic rings. The smallest absolute Gasteiger partial charge is 0.317 e. The van der Waals surface area contributed by atoms with E-state index in [0.29, 0.717) is 13.1 Å². The Morgan fingerprint density at radius 3 is 2.85 bits per heavy atom. The number of likely N-dealkylation sites (tertiary alicyclic amines) is 1. The summed E-state index contributed by atoms with van der Waals surface area (Å²) in [6.45, 7) is 11.1. The van der Waals surface area contributed by atoms with Crippen LogP contribution < -0.4 is 5.32 Å². The van der Waals surface area contributed by atoms with Gasteiger partial charge in [0.2, 0.25) is 0 Å². The first-order valence-electron chi connectivity index (χ1n) is 10.5. The molecule has 3 rings (SSSR count). The SMILES string of the molecule is CC1CC(C)CN(CCCNC(=O)N(Cc2cccs2)CC2CCCO2)C1. The molecular weight excluding hydrogens is 358 g/mol. The topological polar surface area (TPSA) is 44.8 Å². The predicted octanol–water partition coefficient (Wildman–Crippen LogP) is 3.81. The van der Waals surface area contributed by atoms with Crippen LogP contribution in [0.2, 0.25) is 0 Å². The van der Waals surface area contributed by atoms with Crippen molar-refractivity contribution < 1.29 is 9.53 Å². The molecule has 5 nitrogen and oxygen atoms in total. The van der Waals surface area contributed by atoms with Gasteiger partial charge < -0.3 is 19.9 Å². The number of piperidine rings is 1. The molecular formula is C21H35N3O2S. The summed E-state index contributed by atoms with van der Waals surface area (Å²) >= 11 is 1.70. The van der Waals surface area contributed by atoms with Gasteiger partial charge in [-0.3, -0.25) is 0 Å². The summed E-state index contributed by atoms with van der Waals surface area (Å²) in [7, 11) is 0. The van der Waals surface area contributed by atoms with E-state index >= 15 is 0 Å². The van der Waals surface area contributed by atoms with Crippen LogP contribution in [0.4, 0.5) is 4.79 Å². The van der Waals surface area contributed by atoms with Gasteiger partial charge in [-0.05, 0) is 55.5 Å². The minimum Gasteiger partial charge on any atom is -0.376 e. The molecule has 152 valence electrons. The average Bonchev–Trinajstić information content (AvgIpc) is 3.31. The summed E-state index contributed by atoms with van der Waals surface area (Å²) in [6.07, 6.45) is 4.70. The van der Waals surface area contributed by atoms with Crippen molar-refractivity contribution in [3.8, 4) is 0 Å². The number of hydrogen-bond acceptors (Lipinski definition) is 4. The fraction of sp³-hybridized carbons (Fsp3) is 0.762. The third kappa shape index (κ3) is 6.77. The van der Waals surface area contributed by atoms with Gasteiger partial charge in [-0.2, -0.15) is 0 Å². The summed E-state index contributed by atoms with van der Waals surface area (Å²) in [5.41, 5.74) is 0. The summed E-state index contributed by atoms with van der Waals surface area (Å²) in [5, 5.41) is 5.21. The summed E-state index contributed by atoms with van der Waals surface area (Å²) in [4.78, 5) is 18.5. The molecule has 3 atom stereocenters. The van der Waals surface area contributed by atoms with Crippen LogP contribution >= 0.6 is 11.3 Å². The molecule has 3 unspecified atom stereocenters. The van der Waals surface area contributed by atoms with Crippen LogP contribution in [-0.4, -0.2) is 61.3 Å². The number of urea groups is 1. The van der Waals surface area contributed by atoms with Crippen molar-refractivity contribution >= 4 is 17.4 Å². The normalized spacial score (nSPS) is 26.2. The molecule has 6 heteroatoms. The first-order chi connectivity index (χ1) is 13.1. The maximum absolute atomic E-state index is 12.8. The monoisotopic (exact) mass is 393 g/mol. The maximum atomic E-state index is 12.8. The van der Waals surface area contributed by atoms with E-state index in [-0.39, 0.29) is 12.1 Å². The highest BCUT2D eigenvalue weighted by molar-refractivity contribution is 7.09. The molecule has 1 aromatic heterocycles. The molecule has 0 aromatic carbocycles. The van der Waals surface area contributed by atoms with E-state index in [4.69, 9.17) is 4.74 Å². The lowest BCUT2D eigenvalue weighted by Crippen LogP contribution is -2.44. The third-order valence-corrected chi connectivity index (χ3v) is 6.39. The number of hydrogen-bond donors (Lipinski definition) is 1. The number of thiophene rings is 1. The van der Waals surface area contributed by atoms with Crippen molar-refractivity contribution in [1.82, 2.24) is 15.1 Å². The van der Waals surface area contributed by atoms with E-state index < -0.39 is 0 Å². The molecule has 0 saturated carbocycles. The Bertz CT molecular complexity index is 550. The second-order valence-corrected chi connectivity index (χ2v) is 9.42. The van der Waals surface area contributed by atoms with Crippen molar-refractivity contribution in [3.63, 3.8) is 0 Å². The van der Waals surface area contributed by atoms with E-state index in [9.17, 15) is 4.79 Å². The minimum atomic E-state index is 0.0410. The van der Waals surface area contributed by atoms with Gasteiger partial charge in [-0.1, -0.05) is 19.9 Å². The largest absolute Gasteiger partial charge is 0.376 e. The highest BCUT2D eigenvalue weighted by Crippen LogP contribution is 2.21. The van der Waals surface area contributed by atoms with Crippen LogP contribution in [0.3, 0.4) is 0 Å². The van der Waals surface area contributed by atoms with Crippen LogP contribution in [0.25, 0.3) is 0 Å². The molecule has 2 aliphatic rings. The molecule has 0 bridgehead atoms. The molecule has 3 heterocycles. The van der Waals surface area contributed by atoms with Crippen LogP contribution in [0.1, 0.15) is 44.4 Å². The average molecular weight is 394 g/mol. The molecule has 2 amide bonds. The molecule has 1 N–H and O–H groups in total. The zero-order chi connectivity index (χ0) is 19.1. The standard InChI is InChI=1S/C21H35N3O2S/c1-17-12-18(2)14-23(13-17)9-5-8-22-21(25)24(15-19-6-3-10-26-19)16-20-7-4-11-27-20/h4,7,11,17-19H,3,5-6,8-10,12-16H2,1-2H3,(H,22,25). The Morgan fingerprint density at radius 2 is 2.19 bits per heavy atom. The number of nitrogens with zero attached hydrogens (tertiary/aromatic N) is 2. The highest BCUT2D eigenvalue weighted by atomic mass is 32.1. The molecule has 0 radical (unpaired) electrons. The van der Waals surface area contributed by atoms with Crippen LogP contribution in [0, 0.1) is 11.8 Å². The molecule has 2 fully saturated rings. The maximum Gasteiger partial charge on any atom is 0.317 e.